The molecular weight excluding hydrogens is 136 g/mol. The molecule has 11 heavy (non-hydrogen) atoms. The first-order chi connectivity index (χ1) is 5.27. The summed E-state index contributed by atoms with van der Waals surface area (Å²) in [5.41, 5.74) is 1.17. The van der Waals surface area contributed by atoms with Gasteiger partial charge in [-0.1, -0.05) is 18.7 Å². The van der Waals surface area contributed by atoms with Crippen molar-refractivity contribution in [2.45, 2.75) is 24.9 Å². The van der Waals surface area contributed by atoms with E-state index < -0.39 is 0 Å². The molecule has 1 nitrogen and oxygen atoms in total. The van der Waals surface area contributed by atoms with Crippen LogP contribution in [0.2, 0.25) is 0 Å². The molecule has 0 spiro atoms. The average Bonchev–Trinajstić information content (AvgIpc) is 2.07. The van der Waals surface area contributed by atoms with Gasteiger partial charge in [0.25, 0.3) is 0 Å². The first kappa shape index (κ1) is 7.11. The predicted molar refractivity (Wildman–Crippen MR) is 45.4 cm³/mol. The van der Waals surface area contributed by atoms with E-state index >= 15 is 0 Å². The topological polar surface area (TPSA) is 9.23 Å². The zero-order valence-electron chi connectivity index (χ0n) is 6.97. The van der Waals surface area contributed by atoms with E-state index in [9.17, 15) is 0 Å². The molecule has 0 heterocycles. The molecule has 0 amide bonds. The number of methoxy groups -OCH3 is 1. The lowest BCUT2D eigenvalue weighted by atomic mass is 9.70. The predicted octanol–water partition coefficient (Wildman–Crippen LogP) is 2.30. The van der Waals surface area contributed by atoms with Crippen molar-refractivity contribution in [3.63, 3.8) is 0 Å². The van der Waals surface area contributed by atoms with Crippen LogP contribution < -0.4 is 0 Å². The third kappa shape index (κ3) is 0.875. The van der Waals surface area contributed by atoms with Crippen LogP contribution >= 0.6 is 0 Å². The molecule has 60 valence electrons. The van der Waals surface area contributed by atoms with Gasteiger partial charge in [-0.15, -0.1) is 0 Å². The minimum Gasteiger partial charge on any atom is -0.370 e. The molecule has 0 saturated heterocycles. The van der Waals surface area contributed by atoms with Gasteiger partial charge in [0.05, 0.1) is 0 Å². The fourth-order valence-corrected chi connectivity index (χ4v) is 2.14. The molecule has 3 aliphatic carbocycles. The standard InChI is InChI=1S/C10H14O/c1-8-7-9-3-5-10(8,11-2)6-4-9/h3,5,9H,1,4,6-7H2,2H3. The summed E-state index contributed by atoms with van der Waals surface area (Å²) >= 11 is 0. The van der Waals surface area contributed by atoms with Gasteiger partial charge in [0, 0.05) is 7.11 Å². The molecule has 2 unspecified atom stereocenters. The van der Waals surface area contributed by atoms with Crippen LogP contribution in [0.4, 0.5) is 0 Å². The average molecular weight is 150 g/mol. The van der Waals surface area contributed by atoms with E-state index in [1.165, 1.54) is 12.0 Å². The Bertz CT molecular complexity index is 217. The number of hydrogen-bond donors (Lipinski definition) is 0. The largest absolute Gasteiger partial charge is 0.370 e. The molecule has 0 radical (unpaired) electrons. The summed E-state index contributed by atoms with van der Waals surface area (Å²) in [4.78, 5) is 0. The van der Waals surface area contributed by atoms with Crippen LogP contribution in [0.5, 0.6) is 0 Å². The summed E-state index contributed by atoms with van der Waals surface area (Å²) in [6, 6.07) is 0. The van der Waals surface area contributed by atoms with E-state index in [1.54, 1.807) is 7.11 Å². The van der Waals surface area contributed by atoms with Crippen molar-refractivity contribution in [3.8, 4) is 0 Å². The van der Waals surface area contributed by atoms with E-state index in [0.29, 0.717) is 0 Å². The van der Waals surface area contributed by atoms with Gasteiger partial charge in [-0.2, -0.15) is 0 Å². The van der Waals surface area contributed by atoms with E-state index in [2.05, 4.69) is 18.7 Å². The van der Waals surface area contributed by atoms with Crippen LogP contribution in [0.1, 0.15) is 19.3 Å². The van der Waals surface area contributed by atoms with Crippen molar-refractivity contribution in [3.05, 3.63) is 24.3 Å². The highest BCUT2D eigenvalue weighted by atomic mass is 16.5. The fraction of sp³-hybridized carbons (Fsp3) is 0.600. The van der Waals surface area contributed by atoms with Gasteiger partial charge in [-0.05, 0) is 30.8 Å². The van der Waals surface area contributed by atoms with Gasteiger partial charge in [0.2, 0.25) is 0 Å². The Morgan fingerprint density at radius 2 is 2.55 bits per heavy atom. The lowest BCUT2D eigenvalue weighted by Crippen LogP contribution is -2.39. The van der Waals surface area contributed by atoms with Gasteiger partial charge in [0.1, 0.15) is 5.60 Å². The normalized spacial score (nSPS) is 41.5. The highest BCUT2D eigenvalue weighted by Crippen LogP contribution is 2.44. The second kappa shape index (κ2) is 2.21. The van der Waals surface area contributed by atoms with Gasteiger partial charge in [-0.3, -0.25) is 0 Å². The van der Waals surface area contributed by atoms with Crippen LogP contribution in [-0.4, -0.2) is 12.7 Å². The van der Waals surface area contributed by atoms with E-state index in [0.717, 1.165) is 18.8 Å². The summed E-state index contributed by atoms with van der Waals surface area (Å²) in [5.74, 6) is 0.750. The van der Waals surface area contributed by atoms with Crippen LogP contribution in [0, 0.1) is 5.92 Å². The second-order valence-electron chi connectivity index (χ2n) is 3.56. The first-order valence-electron chi connectivity index (χ1n) is 4.19. The van der Waals surface area contributed by atoms with Crippen molar-refractivity contribution in [1.82, 2.24) is 0 Å². The zero-order valence-corrected chi connectivity index (χ0v) is 6.97. The minimum atomic E-state index is -0.0885. The summed E-state index contributed by atoms with van der Waals surface area (Å²) in [5, 5.41) is 0. The fourth-order valence-electron chi connectivity index (χ4n) is 2.14. The lowest BCUT2D eigenvalue weighted by Gasteiger charge is -2.42. The maximum Gasteiger partial charge on any atom is 0.107 e. The maximum atomic E-state index is 5.49. The number of hydrogen-bond acceptors (Lipinski definition) is 1. The first-order valence-corrected chi connectivity index (χ1v) is 4.19. The van der Waals surface area contributed by atoms with Gasteiger partial charge < -0.3 is 4.74 Å². The summed E-state index contributed by atoms with van der Waals surface area (Å²) < 4.78 is 5.49. The number of ether oxygens (including phenoxy) is 1. The van der Waals surface area contributed by atoms with Crippen LogP contribution in [0.25, 0.3) is 0 Å². The van der Waals surface area contributed by atoms with Crippen molar-refractivity contribution in [1.29, 1.82) is 0 Å². The van der Waals surface area contributed by atoms with Crippen molar-refractivity contribution in [2.75, 3.05) is 7.11 Å². The van der Waals surface area contributed by atoms with Crippen molar-refractivity contribution >= 4 is 0 Å². The quantitative estimate of drug-likeness (QED) is 0.521. The van der Waals surface area contributed by atoms with Crippen LogP contribution in [0.3, 0.4) is 0 Å². The number of rotatable bonds is 1. The highest BCUT2D eigenvalue weighted by Gasteiger charge is 2.39. The third-order valence-electron chi connectivity index (χ3n) is 3.00. The second-order valence-corrected chi connectivity index (χ2v) is 3.56. The Balaban J connectivity index is 2.36. The lowest BCUT2D eigenvalue weighted by molar-refractivity contribution is 0.0286. The maximum absolute atomic E-state index is 5.49. The Labute approximate surface area is 67.7 Å². The SMILES string of the molecule is C=C1CC2C=CC1(OC)CC2. The molecule has 0 aromatic rings. The highest BCUT2D eigenvalue weighted by molar-refractivity contribution is 5.31. The smallest absolute Gasteiger partial charge is 0.107 e. The molecule has 3 aliphatic rings. The molecular formula is C10H14O. The van der Waals surface area contributed by atoms with Gasteiger partial charge in [-0.25, -0.2) is 0 Å². The molecule has 2 atom stereocenters. The molecule has 0 aliphatic heterocycles. The molecule has 1 heteroatoms. The van der Waals surface area contributed by atoms with Gasteiger partial charge >= 0.3 is 0 Å². The molecule has 2 bridgehead atoms. The monoisotopic (exact) mass is 150 g/mol. The molecule has 0 aromatic heterocycles. The summed E-state index contributed by atoms with van der Waals surface area (Å²) in [6.45, 7) is 4.06. The summed E-state index contributed by atoms with van der Waals surface area (Å²) in [7, 11) is 1.78. The zero-order chi connectivity index (χ0) is 7.90. The van der Waals surface area contributed by atoms with Gasteiger partial charge in [0.15, 0.2) is 0 Å². The number of allylic oxidation sites excluding steroid dienone is 1. The van der Waals surface area contributed by atoms with Crippen molar-refractivity contribution in [2.24, 2.45) is 5.92 Å². The Morgan fingerprint density at radius 1 is 1.73 bits per heavy atom. The van der Waals surface area contributed by atoms with E-state index in [-0.39, 0.29) is 5.60 Å². The Hall–Kier alpha value is -0.560. The molecule has 0 aromatic carbocycles. The summed E-state index contributed by atoms with van der Waals surface area (Å²) in [6.07, 6.45) is 7.99. The molecule has 1 saturated carbocycles. The molecule has 0 N–H and O–H groups in total. The Kier molecular flexibility index (Phi) is 1.43. The van der Waals surface area contributed by atoms with E-state index in [1.807, 2.05) is 0 Å². The van der Waals surface area contributed by atoms with Crippen molar-refractivity contribution < 1.29 is 4.74 Å². The van der Waals surface area contributed by atoms with Crippen LogP contribution in [0.15, 0.2) is 24.3 Å². The van der Waals surface area contributed by atoms with E-state index in [4.69, 9.17) is 4.74 Å². The third-order valence-corrected chi connectivity index (χ3v) is 3.00. The minimum absolute atomic E-state index is 0.0885. The molecule has 1 fully saturated rings. The van der Waals surface area contributed by atoms with Crippen LogP contribution in [-0.2, 0) is 4.74 Å². The number of fused-ring (bicyclic) bond motifs is 2. The Morgan fingerprint density at radius 3 is 2.91 bits per heavy atom. The molecule has 3 rings (SSSR count).